The van der Waals surface area contributed by atoms with Crippen LogP contribution >= 0.6 is 0 Å². The van der Waals surface area contributed by atoms with Gasteiger partial charge in [0, 0.05) is 26.7 Å². The number of benzene rings is 1. The van der Waals surface area contributed by atoms with Gasteiger partial charge in [-0.15, -0.1) is 0 Å². The van der Waals surface area contributed by atoms with Crippen LogP contribution in [0.25, 0.3) is 0 Å². The van der Waals surface area contributed by atoms with Crippen molar-refractivity contribution in [2.45, 2.75) is 6.92 Å². The standard InChI is InChI=1S/C13H16N4O3/c1-9(7-14)8-16(3)13(18)10-5-4-6-11(17(19)20)12(10)15-2/h4-6,9,15H,8H2,1-3H3. The topological polar surface area (TPSA) is 99.3 Å². The van der Waals surface area contributed by atoms with Gasteiger partial charge in [0.05, 0.1) is 22.5 Å². The van der Waals surface area contributed by atoms with Crippen molar-refractivity contribution in [1.82, 2.24) is 4.90 Å². The molecule has 0 radical (unpaired) electrons. The number of nitrogens with zero attached hydrogens (tertiary/aromatic N) is 3. The molecule has 0 spiro atoms. The number of carbonyl (C=O) groups excluding carboxylic acids is 1. The molecular weight excluding hydrogens is 260 g/mol. The first kappa shape index (κ1) is 15.4. The molecule has 1 unspecified atom stereocenters. The van der Waals surface area contributed by atoms with Gasteiger partial charge >= 0.3 is 0 Å². The lowest BCUT2D eigenvalue weighted by Crippen LogP contribution is -2.31. The van der Waals surface area contributed by atoms with Crippen LogP contribution in [0.5, 0.6) is 0 Å². The summed E-state index contributed by atoms with van der Waals surface area (Å²) in [7, 11) is 3.09. The second-order valence-electron chi connectivity index (χ2n) is 4.42. The Hall–Kier alpha value is -2.62. The molecule has 0 fully saturated rings. The van der Waals surface area contributed by atoms with E-state index in [9.17, 15) is 14.9 Å². The molecule has 0 bridgehead atoms. The number of nitrogens with one attached hydrogen (secondary N) is 1. The molecule has 0 aliphatic heterocycles. The zero-order valence-electron chi connectivity index (χ0n) is 11.6. The summed E-state index contributed by atoms with van der Waals surface area (Å²) in [5.74, 6) is -0.666. The lowest BCUT2D eigenvalue weighted by Gasteiger charge is -2.19. The van der Waals surface area contributed by atoms with Crippen LogP contribution in [0.2, 0.25) is 0 Å². The Labute approximate surface area is 117 Å². The van der Waals surface area contributed by atoms with Crippen molar-refractivity contribution in [3.8, 4) is 6.07 Å². The first-order chi connectivity index (χ1) is 9.42. The second kappa shape index (κ2) is 6.52. The summed E-state index contributed by atoms with van der Waals surface area (Å²) in [6.07, 6.45) is 0. The summed E-state index contributed by atoms with van der Waals surface area (Å²) in [6.45, 7) is 1.97. The van der Waals surface area contributed by atoms with Gasteiger partial charge in [-0.2, -0.15) is 5.26 Å². The highest BCUT2D eigenvalue weighted by atomic mass is 16.6. The zero-order chi connectivity index (χ0) is 15.3. The molecular formula is C13H16N4O3. The number of carbonyl (C=O) groups is 1. The van der Waals surface area contributed by atoms with E-state index in [1.54, 1.807) is 14.0 Å². The van der Waals surface area contributed by atoms with Crippen LogP contribution < -0.4 is 5.32 Å². The number of nitro benzene ring substituents is 1. The van der Waals surface area contributed by atoms with Gasteiger partial charge in [0.1, 0.15) is 5.69 Å². The fourth-order valence-electron chi connectivity index (χ4n) is 1.87. The quantitative estimate of drug-likeness (QED) is 0.653. The average Bonchev–Trinajstić information content (AvgIpc) is 2.44. The van der Waals surface area contributed by atoms with E-state index in [4.69, 9.17) is 5.26 Å². The summed E-state index contributed by atoms with van der Waals surface area (Å²) >= 11 is 0. The van der Waals surface area contributed by atoms with Crippen molar-refractivity contribution in [2.75, 3.05) is 26.0 Å². The van der Waals surface area contributed by atoms with Gasteiger partial charge in [-0.05, 0) is 13.0 Å². The maximum atomic E-state index is 12.3. The number of nitriles is 1. The number of hydrogen-bond acceptors (Lipinski definition) is 5. The maximum Gasteiger partial charge on any atom is 0.293 e. The van der Waals surface area contributed by atoms with Crippen LogP contribution in [0.3, 0.4) is 0 Å². The van der Waals surface area contributed by atoms with Crippen molar-refractivity contribution in [1.29, 1.82) is 5.26 Å². The van der Waals surface area contributed by atoms with Gasteiger partial charge in [0.25, 0.3) is 11.6 Å². The van der Waals surface area contributed by atoms with E-state index in [0.717, 1.165) is 0 Å². The van der Waals surface area contributed by atoms with E-state index in [1.807, 2.05) is 6.07 Å². The summed E-state index contributed by atoms with van der Waals surface area (Å²) < 4.78 is 0. The lowest BCUT2D eigenvalue weighted by atomic mass is 10.1. The largest absolute Gasteiger partial charge is 0.382 e. The molecule has 1 aromatic carbocycles. The van der Waals surface area contributed by atoms with Gasteiger partial charge in [-0.25, -0.2) is 0 Å². The summed E-state index contributed by atoms with van der Waals surface area (Å²) in [4.78, 5) is 24.1. The molecule has 0 aliphatic rings. The van der Waals surface area contributed by atoms with E-state index >= 15 is 0 Å². The highest BCUT2D eigenvalue weighted by Gasteiger charge is 2.23. The lowest BCUT2D eigenvalue weighted by molar-refractivity contribution is -0.384. The van der Waals surface area contributed by atoms with Gasteiger partial charge in [-0.3, -0.25) is 14.9 Å². The summed E-state index contributed by atoms with van der Waals surface area (Å²) in [5, 5.41) is 22.4. The Morgan fingerprint density at radius 2 is 2.25 bits per heavy atom. The molecule has 0 heterocycles. The Bertz CT molecular complexity index is 565. The first-order valence-corrected chi connectivity index (χ1v) is 6.02. The minimum Gasteiger partial charge on any atom is -0.382 e. The Morgan fingerprint density at radius 3 is 2.75 bits per heavy atom. The van der Waals surface area contributed by atoms with Crippen molar-refractivity contribution >= 4 is 17.3 Å². The number of rotatable bonds is 5. The molecule has 0 aromatic heterocycles. The van der Waals surface area contributed by atoms with Gasteiger partial charge in [-0.1, -0.05) is 6.07 Å². The van der Waals surface area contributed by atoms with Crippen LogP contribution in [0.1, 0.15) is 17.3 Å². The van der Waals surface area contributed by atoms with Crippen molar-refractivity contribution in [2.24, 2.45) is 5.92 Å². The van der Waals surface area contributed by atoms with Crippen LogP contribution in [0, 0.1) is 27.4 Å². The fraction of sp³-hybridized carbons (Fsp3) is 0.385. The Balaban J connectivity index is 3.13. The number of nitro groups is 1. The van der Waals surface area contributed by atoms with E-state index in [-0.39, 0.29) is 35.3 Å². The Kier molecular flexibility index (Phi) is 5.03. The van der Waals surface area contributed by atoms with Crippen molar-refractivity contribution in [3.05, 3.63) is 33.9 Å². The van der Waals surface area contributed by atoms with Gasteiger partial charge < -0.3 is 10.2 Å². The Morgan fingerprint density at radius 1 is 1.60 bits per heavy atom. The molecule has 0 aliphatic carbocycles. The van der Waals surface area contributed by atoms with Gasteiger partial charge in [0.2, 0.25) is 0 Å². The highest BCUT2D eigenvalue weighted by molar-refractivity contribution is 6.01. The van der Waals surface area contributed by atoms with E-state index in [0.29, 0.717) is 0 Å². The number of anilines is 1. The summed E-state index contributed by atoms with van der Waals surface area (Å²) in [6, 6.07) is 6.37. The van der Waals surface area contributed by atoms with E-state index in [2.05, 4.69) is 5.32 Å². The molecule has 7 nitrogen and oxygen atoms in total. The monoisotopic (exact) mass is 276 g/mol. The molecule has 20 heavy (non-hydrogen) atoms. The predicted octanol–water partition coefficient (Wildman–Crippen LogP) is 1.87. The average molecular weight is 276 g/mol. The second-order valence-corrected chi connectivity index (χ2v) is 4.42. The van der Waals surface area contributed by atoms with Crippen LogP contribution in [-0.2, 0) is 0 Å². The highest BCUT2D eigenvalue weighted by Crippen LogP contribution is 2.28. The molecule has 1 rings (SSSR count). The molecule has 1 amide bonds. The number of amides is 1. The molecule has 0 saturated heterocycles. The van der Waals surface area contributed by atoms with E-state index < -0.39 is 4.92 Å². The maximum absolute atomic E-state index is 12.3. The molecule has 1 N–H and O–H groups in total. The third-order valence-electron chi connectivity index (χ3n) is 2.83. The fourth-order valence-corrected chi connectivity index (χ4v) is 1.87. The third kappa shape index (κ3) is 3.23. The molecule has 1 aromatic rings. The molecule has 7 heteroatoms. The number of hydrogen-bond donors (Lipinski definition) is 1. The predicted molar refractivity (Wildman–Crippen MR) is 74.4 cm³/mol. The van der Waals surface area contributed by atoms with Crippen molar-refractivity contribution < 1.29 is 9.72 Å². The van der Waals surface area contributed by atoms with Crippen LogP contribution in [-0.4, -0.2) is 36.4 Å². The van der Waals surface area contributed by atoms with Crippen molar-refractivity contribution in [3.63, 3.8) is 0 Å². The summed E-state index contributed by atoms with van der Waals surface area (Å²) in [5.41, 5.74) is 0.244. The normalized spacial score (nSPS) is 11.3. The SMILES string of the molecule is CNc1c(C(=O)N(C)CC(C)C#N)cccc1[N+](=O)[O-]. The zero-order valence-corrected chi connectivity index (χ0v) is 11.6. The van der Waals surface area contributed by atoms with Gasteiger partial charge in [0.15, 0.2) is 0 Å². The smallest absolute Gasteiger partial charge is 0.293 e. The third-order valence-corrected chi connectivity index (χ3v) is 2.83. The van der Waals surface area contributed by atoms with Crippen LogP contribution in [0.15, 0.2) is 18.2 Å². The minimum atomic E-state index is -0.541. The molecule has 106 valence electrons. The number of para-hydroxylation sites is 1. The first-order valence-electron chi connectivity index (χ1n) is 6.02. The minimum absolute atomic E-state index is 0.153. The van der Waals surface area contributed by atoms with Crippen LogP contribution in [0.4, 0.5) is 11.4 Å². The molecule has 0 saturated carbocycles. The van der Waals surface area contributed by atoms with E-state index in [1.165, 1.54) is 30.1 Å². The molecule has 1 atom stereocenters.